The summed E-state index contributed by atoms with van der Waals surface area (Å²) in [6.45, 7) is 3.41. The monoisotopic (exact) mass is 556 g/mol. The number of ether oxygens (including phenoxy) is 2. The van der Waals surface area contributed by atoms with Gasteiger partial charge in [-0.2, -0.15) is 9.97 Å². The molecular formula is C28H34F2N6O4. The van der Waals surface area contributed by atoms with E-state index in [1.54, 1.807) is 30.3 Å². The molecule has 0 atom stereocenters. The van der Waals surface area contributed by atoms with Gasteiger partial charge < -0.3 is 24.4 Å². The topological polar surface area (TPSA) is 106 Å². The van der Waals surface area contributed by atoms with Gasteiger partial charge in [-0.15, -0.1) is 0 Å². The molecule has 3 fully saturated rings. The van der Waals surface area contributed by atoms with E-state index in [-0.39, 0.29) is 35.7 Å². The number of nitrogens with zero attached hydrogens (tertiary/aromatic N) is 6. The summed E-state index contributed by atoms with van der Waals surface area (Å²) in [6.07, 6.45) is 0.791. The molecule has 10 nitrogen and oxygen atoms in total. The average Bonchev–Trinajstić information content (AvgIpc) is 3.38. The molecule has 4 heterocycles. The minimum Gasteiger partial charge on any atom is -0.474 e. The number of hydrogen-bond acceptors (Lipinski definition) is 8. The van der Waals surface area contributed by atoms with Gasteiger partial charge in [0.25, 0.3) is 6.43 Å². The SMILES string of the molecule is O=C(C1CCC(Oc2cc(-n3c(C(F)F)nc4ccccc43)nc(N3CCOCC3)n2)CC1)N1CCC(O)CC1. The molecule has 1 aromatic carbocycles. The number of halogens is 2. The number of aliphatic hydroxyl groups excluding tert-OH is 1. The van der Waals surface area contributed by atoms with Crippen LogP contribution in [0.25, 0.3) is 16.9 Å². The fourth-order valence-corrected chi connectivity index (χ4v) is 5.86. The van der Waals surface area contributed by atoms with Crippen LogP contribution in [-0.4, -0.2) is 87.0 Å². The highest BCUT2D eigenvalue weighted by Gasteiger charge is 2.32. The van der Waals surface area contributed by atoms with E-state index in [1.807, 2.05) is 9.80 Å². The normalized spacial score (nSPS) is 22.7. The maximum atomic E-state index is 14.1. The summed E-state index contributed by atoms with van der Waals surface area (Å²) in [4.78, 5) is 30.4. The van der Waals surface area contributed by atoms with E-state index in [4.69, 9.17) is 9.47 Å². The molecule has 1 saturated carbocycles. The molecule has 3 aromatic rings. The number of piperidine rings is 1. The second kappa shape index (κ2) is 11.6. The zero-order valence-corrected chi connectivity index (χ0v) is 22.3. The molecule has 12 heteroatoms. The van der Waals surface area contributed by atoms with Crippen molar-refractivity contribution in [2.45, 2.75) is 57.2 Å². The van der Waals surface area contributed by atoms with Gasteiger partial charge >= 0.3 is 0 Å². The number of likely N-dealkylation sites (tertiary alicyclic amines) is 1. The molecule has 1 amide bonds. The van der Waals surface area contributed by atoms with E-state index in [0.717, 1.165) is 0 Å². The lowest BCUT2D eigenvalue weighted by molar-refractivity contribution is -0.139. The molecule has 2 saturated heterocycles. The number of alkyl halides is 2. The van der Waals surface area contributed by atoms with Crippen LogP contribution >= 0.6 is 0 Å². The molecule has 214 valence electrons. The molecule has 1 N–H and O–H groups in total. The maximum absolute atomic E-state index is 14.1. The lowest BCUT2D eigenvalue weighted by Crippen LogP contribution is -2.44. The van der Waals surface area contributed by atoms with E-state index in [2.05, 4.69) is 15.0 Å². The number of amides is 1. The molecular weight excluding hydrogens is 522 g/mol. The molecule has 3 aliphatic rings. The number of hydrogen-bond donors (Lipinski definition) is 1. The van der Waals surface area contributed by atoms with Crippen LogP contribution in [0.15, 0.2) is 30.3 Å². The first-order chi connectivity index (χ1) is 19.5. The minimum absolute atomic E-state index is 0.0501. The number of aromatic nitrogens is 4. The van der Waals surface area contributed by atoms with Crippen LogP contribution < -0.4 is 9.64 Å². The van der Waals surface area contributed by atoms with Crippen molar-refractivity contribution in [3.8, 4) is 11.7 Å². The molecule has 2 aliphatic heterocycles. The number of aliphatic hydroxyl groups is 1. The molecule has 0 unspecified atom stereocenters. The van der Waals surface area contributed by atoms with Gasteiger partial charge in [0.1, 0.15) is 11.9 Å². The fourth-order valence-electron chi connectivity index (χ4n) is 5.86. The molecule has 6 rings (SSSR count). The van der Waals surface area contributed by atoms with Crippen molar-refractivity contribution < 1.29 is 28.2 Å². The van der Waals surface area contributed by atoms with E-state index >= 15 is 0 Å². The van der Waals surface area contributed by atoms with Gasteiger partial charge in [0.2, 0.25) is 17.7 Å². The van der Waals surface area contributed by atoms with Crippen molar-refractivity contribution in [3.05, 3.63) is 36.2 Å². The Morgan fingerprint density at radius 1 is 0.975 bits per heavy atom. The Balaban J connectivity index is 1.24. The second-order valence-corrected chi connectivity index (χ2v) is 10.7. The standard InChI is InChI=1S/C28H34F2N6O4/c29-25(30)26-31-21-3-1-2-4-22(21)36(26)23-17-24(33-28(32-23)35-13-15-39-16-14-35)40-20-7-5-18(6-8-20)27(38)34-11-9-19(37)10-12-34/h1-4,17-20,25,37H,5-16H2. The summed E-state index contributed by atoms with van der Waals surface area (Å²) in [5, 5.41) is 9.75. The Hall–Kier alpha value is -3.38. The quantitative estimate of drug-likeness (QED) is 0.492. The van der Waals surface area contributed by atoms with Gasteiger partial charge in [-0.3, -0.25) is 9.36 Å². The summed E-state index contributed by atoms with van der Waals surface area (Å²) < 4.78 is 41.4. The summed E-state index contributed by atoms with van der Waals surface area (Å²) >= 11 is 0. The lowest BCUT2D eigenvalue weighted by Gasteiger charge is -2.35. The largest absolute Gasteiger partial charge is 0.474 e. The summed E-state index contributed by atoms with van der Waals surface area (Å²) in [6, 6.07) is 8.58. The van der Waals surface area contributed by atoms with E-state index in [0.29, 0.717) is 101 Å². The third kappa shape index (κ3) is 5.60. The first-order valence-electron chi connectivity index (χ1n) is 14.1. The number of fused-ring (bicyclic) bond motifs is 1. The number of anilines is 1. The van der Waals surface area contributed by atoms with Gasteiger partial charge in [-0.25, -0.2) is 13.8 Å². The average molecular weight is 557 g/mol. The number of benzene rings is 1. The number of morpholine rings is 1. The number of para-hydroxylation sites is 2. The molecule has 1 aliphatic carbocycles. The Bertz CT molecular complexity index is 1330. The summed E-state index contributed by atoms with van der Waals surface area (Å²) in [5.74, 6) is 0.700. The van der Waals surface area contributed by atoms with Crippen molar-refractivity contribution in [2.24, 2.45) is 5.92 Å². The van der Waals surface area contributed by atoms with Crippen LogP contribution in [-0.2, 0) is 9.53 Å². The van der Waals surface area contributed by atoms with E-state index in [9.17, 15) is 18.7 Å². The Morgan fingerprint density at radius 3 is 2.42 bits per heavy atom. The molecule has 0 bridgehead atoms. The summed E-state index contributed by atoms with van der Waals surface area (Å²) in [5.41, 5.74) is 0.984. The van der Waals surface area contributed by atoms with Crippen molar-refractivity contribution in [1.82, 2.24) is 24.4 Å². The van der Waals surface area contributed by atoms with Gasteiger partial charge in [0.15, 0.2) is 5.82 Å². The van der Waals surface area contributed by atoms with Gasteiger partial charge in [-0.1, -0.05) is 12.1 Å². The van der Waals surface area contributed by atoms with Crippen LogP contribution in [0.5, 0.6) is 5.88 Å². The van der Waals surface area contributed by atoms with Crippen LogP contribution in [0.3, 0.4) is 0 Å². The van der Waals surface area contributed by atoms with Crippen LogP contribution in [0, 0.1) is 5.92 Å². The number of rotatable bonds is 6. The first kappa shape index (κ1) is 26.8. The van der Waals surface area contributed by atoms with Crippen LogP contribution in [0.4, 0.5) is 14.7 Å². The third-order valence-electron chi connectivity index (χ3n) is 8.07. The lowest BCUT2D eigenvalue weighted by atomic mass is 9.86. The fraction of sp³-hybridized carbons (Fsp3) is 0.571. The van der Waals surface area contributed by atoms with Gasteiger partial charge in [0, 0.05) is 38.2 Å². The smallest absolute Gasteiger partial charge is 0.296 e. The first-order valence-corrected chi connectivity index (χ1v) is 14.1. The van der Waals surface area contributed by atoms with E-state index < -0.39 is 6.43 Å². The predicted octanol–water partition coefficient (Wildman–Crippen LogP) is 3.51. The Labute approximate surface area is 230 Å². The number of carbonyl (C=O) groups excluding carboxylic acids is 1. The van der Waals surface area contributed by atoms with Gasteiger partial charge in [-0.05, 0) is 50.7 Å². The highest BCUT2D eigenvalue weighted by Crippen LogP contribution is 2.32. The van der Waals surface area contributed by atoms with Crippen molar-refractivity contribution in [1.29, 1.82) is 0 Å². The number of imidazole rings is 1. The number of carbonyl (C=O) groups is 1. The zero-order valence-electron chi connectivity index (χ0n) is 22.3. The molecule has 0 spiro atoms. The van der Waals surface area contributed by atoms with Crippen molar-refractivity contribution >= 4 is 22.9 Å². The second-order valence-electron chi connectivity index (χ2n) is 10.7. The predicted molar refractivity (Wildman–Crippen MR) is 143 cm³/mol. The highest BCUT2D eigenvalue weighted by molar-refractivity contribution is 5.79. The van der Waals surface area contributed by atoms with Gasteiger partial charge in [0.05, 0.1) is 30.4 Å². The van der Waals surface area contributed by atoms with Crippen LogP contribution in [0.2, 0.25) is 0 Å². The maximum Gasteiger partial charge on any atom is 0.296 e. The Kier molecular flexibility index (Phi) is 7.79. The van der Waals surface area contributed by atoms with Crippen molar-refractivity contribution in [2.75, 3.05) is 44.3 Å². The minimum atomic E-state index is -2.80. The van der Waals surface area contributed by atoms with Crippen molar-refractivity contribution in [3.63, 3.8) is 0 Å². The Morgan fingerprint density at radius 2 is 1.70 bits per heavy atom. The zero-order chi connectivity index (χ0) is 27.6. The summed E-state index contributed by atoms with van der Waals surface area (Å²) in [7, 11) is 0. The molecule has 40 heavy (non-hydrogen) atoms. The third-order valence-corrected chi connectivity index (χ3v) is 8.07. The molecule has 0 radical (unpaired) electrons. The highest BCUT2D eigenvalue weighted by atomic mass is 19.3. The van der Waals surface area contributed by atoms with Crippen LogP contribution in [0.1, 0.15) is 50.8 Å². The van der Waals surface area contributed by atoms with E-state index in [1.165, 1.54) is 4.57 Å². The molecule has 2 aromatic heterocycles.